The molecule has 1 atom stereocenters. The Morgan fingerprint density at radius 1 is 1.03 bits per heavy atom. The topological polar surface area (TPSA) is 75.7 Å². The fourth-order valence-electron chi connectivity index (χ4n) is 4.21. The van der Waals surface area contributed by atoms with Gasteiger partial charge in [-0.25, -0.2) is 8.42 Å². The van der Waals surface area contributed by atoms with Crippen LogP contribution in [0.2, 0.25) is 0 Å². The van der Waals surface area contributed by atoms with E-state index in [1.165, 1.54) is 6.07 Å². The highest BCUT2D eigenvalue weighted by molar-refractivity contribution is 7.89. The summed E-state index contributed by atoms with van der Waals surface area (Å²) in [7, 11) is -1.98. The minimum absolute atomic E-state index is 0.183. The molecule has 32 heavy (non-hydrogen) atoms. The van der Waals surface area contributed by atoms with Gasteiger partial charge in [-0.3, -0.25) is 4.79 Å². The van der Waals surface area contributed by atoms with Crippen LogP contribution in [0.4, 0.5) is 0 Å². The summed E-state index contributed by atoms with van der Waals surface area (Å²) in [5.41, 5.74) is 3.13. The van der Waals surface area contributed by atoms with Crippen molar-refractivity contribution in [2.24, 2.45) is 0 Å². The number of hydrogen-bond donors (Lipinski definition) is 1. The quantitative estimate of drug-likeness (QED) is 0.649. The van der Waals surface area contributed by atoms with Crippen molar-refractivity contribution in [2.75, 3.05) is 20.2 Å². The maximum absolute atomic E-state index is 13.2. The van der Waals surface area contributed by atoms with Crippen molar-refractivity contribution in [1.29, 1.82) is 0 Å². The van der Waals surface area contributed by atoms with Crippen molar-refractivity contribution in [3.05, 3.63) is 58.7 Å². The summed E-state index contributed by atoms with van der Waals surface area (Å²) < 4.78 is 33.3. The van der Waals surface area contributed by atoms with E-state index in [1.54, 1.807) is 23.5 Å². The summed E-state index contributed by atoms with van der Waals surface area (Å²) in [6.45, 7) is 6.88. The monoisotopic (exact) mass is 458 g/mol. The number of benzene rings is 2. The number of sulfonamides is 1. The van der Waals surface area contributed by atoms with Crippen molar-refractivity contribution in [3.63, 3.8) is 0 Å². The first-order valence-corrected chi connectivity index (χ1v) is 12.8. The molecule has 0 aliphatic carbocycles. The molecule has 1 amide bonds. The molecule has 3 rings (SSSR count). The molecule has 6 nitrogen and oxygen atoms in total. The van der Waals surface area contributed by atoms with Crippen LogP contribution in [0.3, 0.4) is 0 Å². The maximum Gasteiger partial charge on any atom is 0.252 e. The van der Waals surface area contributed by atoms with E-state index < -0.39 is 10.0 Å². The number of nitrogens with one attached hydrogen (secondary N) is 1. The zero-order valence-electron chi connectivity index (χ0n) is 19.5. The van der Waals surface area contributed by atoms with Crippen LogP contribution in [0.5, 0.6) is 5.75 Å². The van der Waals surface area contributed by atoms with Crippen LogP contribution in [0.25, 0.3) is 0 Å². The minimum atomic E-state index is -3.62. The first-order valence-electron chi connectivity index (χ1n) is 11.3. The summed E-state index contributed by atoms with van der Waals surface area (Å²) in [6, 6.07) is 10.5. The second kappa shape index (κ2) is 10.5. The number of methoxy groups -OCH3 is 1. The number of carbonyl (C=O) groups is 1. The van der Waals surface area contributed by atoms with Crippen LogP contribution in [-0.4, -0.2) is 38.8 Å². The van der Waals surface area contributed by atoms with Gasteiger partial charge < -0.3 is 10.1 Å². The van der Waals surface area contributed by atoms with E-state index in [9.17, 15) is 13.2 Å². The molecule has 1 fully saturated rings. The zero-order chi connectivity index (χ0) is 23.3. The molecule has 2 aromatic rings. The molecule has 0 radical (unpaired) electrons. The standard InChI is InChI=1S/C25H34N2O4S/c1-5-23(20-11-13-24(31-4)19(3)16-20)26-25(28)22-17-21(12-10-18(22)2)32(29,30)27-14-8-6-7-9-15-27/h10-13,16-17,23H,5-9,14-15H2,1-4H3,(H,26,28)/t23-/m0/s1. The molecule has 0 aromatic heterocycles. The van der Waals surface area contributed by atoms with E-state index in [0.717, 1.165) is 48.1 Å². The fourth-order valence-corrected chi connectivity index (χ4v) is 5.76. The molecule has 174 valence electrons. The number of aryl methyl sites for hydroxylation is 2. The lowest BCUT2D eigenvalue weighted by Crippen LogP contribution is -2.32. The van der Waals surface area contributed by atoms with Crippen molar-refractivity contribution < 1.29 is 17.9 Å². The van der Waals surface area contributed by atoms with Gasteiger partial charge in [-0.05, 0) is 68.0 Å². The Bertz CT molecular complexity index is 1060. The normalized spacial score (nSPS) is 16.2. The molecule has 0 unspecified atom stereocenters. The Kier molecular flexibility index (Phi) is 7.96. The lowest BCUT2D eigenvalue weighted by Gasteiger charge is -2.22. The summed E-state index contributed by atoms with van der Waals surface area (Å²) >= 11 is 0. The number of nitrogens with zero attached hydrogens (tertiary/aromatic N) is 1. The molecule has 0 bridgehead atoms. The van der Waals surface area contributed by atoms with Gasteiger partial charge in [0.2, 0.25) is 10.0 Å². The van der Waals surface area contributed by atoms with Crippen LogP contribution in [0.1, 0.15) is 72.1 Å². The molecule has 7 heteroatoms. The Labute approximate surface area is 192 Å². The first-order chi connectivity index (χ1) is 15.3. The maximum atomic E-state index is 13.2. The smallest absolute Gasteiger partial charge is 0.252 e. The Hall–Kier alpha value is -2.38. The summed E-state index contributed by atoms with van der Waals surface area (Å²) in [6.07, 6.45) is 4.56. The third-order valence-electron chi connectivity index (χ3n) is 6.19. The highest BCUT2D eigenvalue weighted by atomic mass is 32.2. The molecule has 0 spiro atoms. The van der Waals surface area contributed by atoms with Crippen LogP contribution in [0.15, 0.2) is 41.3 Å². The van der Waals surface area contributed by atoms with Gasteiger partial charge in [0.15, 0.2) is 0 Å². The van der Waals surface area contributed by atoms with Gasteiger partial charge >= 0.3 is 0 Å². The van der Waals surface area contributed by atoms with Gasteiger partial charge in [-0.15, -0.1) is 0 Å². The number of amides is 1. The van der Waals surface area contributed by atoms with E-state index in [1.807, 2.05) is 39.0 Å². The van der Waals surface area contributed by atoms with Crippen LogP contribution < -0.4 is 10.1 Å². The average molecular weight is 459 g/mol. The predicted molar refractivity (Wildman–Crippen MR) is 127 cm³/mol. The van der Waals surface area contributed by atoms with Gasteiger partial charge in [0.25, 0.3) is 5.91 Å². The lowest BCUT2D eigenvalue weighted by molar-refractivity contribution is 0.0934. The van der Waals surface area contributed by atoms with E-state index in [4.69, 9.17) is 4.74 Å². The van der Waals surface area contributed by atoms with E-state index in [0.29, 0.717) is 25.1 Å². The van der Waals surface area contributed by atoms with Gasteiger partial charge in [-0.2, -0.15) is 4.31 Å². The predicted octanol–water partition coefficient (Wildman–Crippen LogP) is 4.76. The van der Waals surface area contributed by atoms with Crippen LogP contribution in [-0.2, 0) is 10.0 Å². The third kappa shape index (κ3) is 5.33. The molecule has 1 saturated heterocycles. The molecule has 1 N–H and O–H groups in total. The summed E-state index contributed by atoms with van der Waals surface area (Å²) in [5.74, 6) is 0.535. The van der Waals surface area contributed by atoms with Crippen LogP contribution in [0, 0.1) is 13.8 Å². The Morgan fingerprint density at radius 2 is 1.72 bits per heavy atom. The van der Waals surface area contributed by atoms with Gasteiger partial charge in [0, 0.05) is 18.7 Å². The zero-order valence-corrected chi connectivity index (χ0v) is 20.3. The van der Waals surface area contributed by atoms with Crippen molar-refractivity contribution in [3.8, 4) is 5.75 Å². The largest absolute Gasteiger partial charge is 0.496 e. The van der Waals surface area contributed by atoms with Crippen molar-refractivity contribution in [2.45, 2.75) is 63.8 Å². The summed E-state index contributed by atoms with van der Waals surface area (Å²) in [4.78, 5) is 13.4. The molecule has 1 heterocycles. The molecular weight excluding hydrogens is 424 g/mol. The van der Waals surface area contributed by atoms with Crippen molar-refractivity contribution >= 4 is 15.9 Å². The molecule has 1 aliphatic heterocycles. The van der Waals surface area contributed by atoms with Crippen molar-refractivity contribution in [1.82, 2.24) is 9.62 Å². The molecule has 2 aromatic carbocycles. The fraction of sp³-hybridized carbons (Fsp3) is 0.480. The Morgan fingerprint density at radius 3 is 2.31 bits per heavy atom. The summed E-state index contributed by atoms with van der Waals surface area (Å²) in [5, 5.41) is 3.08. The molecule has 1 aliphatic rings. The van der Waals surface area contributed by atoms with E-state index in [-0.39, 0.29) is 16.8 Å². The number of ether oxygens (including phenoxy) is 1. The number of carbonyl (C=O) groups excluding carboxylic acids is 1. The number of hydrogen-bond acceptors (Lipinski definition) is 4. The van der Waals surface area contributed by atoms with E-state index >= 15 is 0 Å². The second-order valence-electron chi connectivity index (χ2n) is 8.46. The highest BCUT2D eigenvalue weighted by Gasteiger charge is 2.27. The highest BCUT2D eigenvalue weighted by Crippen LogP contribution is 2.26. The van der Waals surface area contributed by atoms with Gasteiger partial charge in [-0.1, -0.05) is 38.0 Å². The van der Waals surface area contributed by atoms with Gasteiger partial charge in [0.1, 0.15) is 5.75 Å². The Balaban J connectivity index is 1.85. The molecular formula is C25H34N2O4S. The van der Waals surface area contributed by atoms with E-state index in [2.05, 4.69) is 5.32 Å². The van der Waals surface area contributed by atoms with Gasteiger partial charge in [0.05, 0.1) is 18.0 Å². The molecule has 0 saturated carbocycles. The SMILES string of the molecule is CC[C@H](NC(=O)c1cc(S(=O)(=O)N2CCCCCC2)ccc1C)c1ccc(OC)c(C)c1. The lowest BCUT2D eigenvalue weighted by atomic mass is 10.0. The first kappa shape index (κ1) is 24.3. The minimum Gasteiger partial charge on any atom is -0.496 e. The third-order valence-corrected chi connectivity index (χ3v) is 8.09. The average Bonchev–Trinajstić information content (AvgIpc) is 3.07. The second-order valence-corrected chi connectivity index (χ2v) is 10.4. The van der Waals surface area contributed by atoms with Crippen LogP contribution >= 0.6 is 0 Å². The number of rotatable bonds is 7.